The van der Waals surface area contributed by atoms with Crippen LogP contribution >= 0.6 is 0 Å². The van der Waals surface area contributed by atoms with Gasteiger partial charge in [-0.15, -0.1) is 0 Å². The molecule has 3 aromatic rings. The SMILES string of the molecule is CCCCNc1c(-c2ccc(/C=C/c3ccc(CCCC)cc3)cc2)c(=O)c1=O. The van der Waals surface area contributed by atoms with Crippen LogP contribution < -0.4 is 16.2 Å². The van der Waals surface area contributed by atoms with Crippen LogP contribution in [0.4, 0.5) is 5.69 Å². The summed E-state index contributed by atoms with van der Waals surface area (Å²) >= 11 is 0. The predicted molar refractivity (Wildman–Crippen MR) is 124 cm³/mol. The topological polar surface area (TPSA) is 46.2 Å². The number of aryl methyl sites for hydroxylation is 1. The average Bonchev–Trinajstić information content (AvgIpc) is 2.76. The van der Waals surface area contributed by atoms with E-state index in [1.54, 1.807) is 0 Å². The fourth-order valence-corrected chi connectivity index (χ4v) is 3.36. The molecule has 0 aliphatic carbocycles. The Balaban J connectivity index is 1.68. The van der Waals surface area contributed by atoms with Crippen molar-refractivity contribution >= 4 is 17.8 Å². The van der Waals surface area contributed by atoms with E-state index in [9.17, 15) is 9.59 Å². The minimum atomic E-state index is -0.401. The van der Waals surface area contributed by atoms with E-state index < -0.39 is 10.9 Å². The van der Waals surface area contributed by atoms with Gasteiger partial charge in [-0.2, -0.15) is 0 Å². The van der Waals surface area contributed by atoms with E-state index in [0.29, 0.717) is 17.8 Å². The molecule has 0 atom stereocenters. The van der Waals surface area contributed by atoms with Crippen molar-refractivity contribution in [3.05, 3.63) is 85.7 Å². The molecule has 0 spiro atoms. The molecule has 0 radical (unpaired) electrons. The molecule has 0 aliphatic heterocycles. The lowest BCUT2D eigenvalue weighted by Gasteiger charge is -2.13. The van der Waals surface area contributed by atoms with Crippen molar-refractivity contribution in [2.75, 3.05) is 11.9 Å². The standard InChI is InChI=1S/C26H29NO2/c1-3-5-7-19-8-10-20(11-9-19)12-13-21-14-16-22(17-15-21)23-24(26(29)25(23)28)27-18-6-4-2/h8-17,27H,3-7,18H2,1-2H3/b13-12+. The normalized spacial score (nSPS) is 11.4. The number of rotatable bonds is 10. The highest BCUT2D eigenvalue weighted by Crippen LogP contribution is 2.24. The van der Waals surface area contributed by atoms with Gasteiger partial charge in [0, 0.05) is 6.54 Å². The molecule has 0 heterocycles. The Hall–Kier alpha value is -2.94. The Labute approximate surface area is 172 Å². The van der Waals surface area contributed by atoms with Gasteiger partial charge in [-0.3, -0.25) is 9.59 Å². The van der Waals surface area contributed by atoms with E-state index in [4.69, 9.17) is 0 Å². The monoisotopic (exact) mass is 387 g/mol. The van der Waals surface area contributed by atoms with Crippen molar-refractivity contribution in [2.45, 2.75) is 46.0 Å². The number of unbranched alkanes of at least 4 members (excludes halogenated alkanes) is 2. The first kappa shape index (κ1) is 20.8. The second-order valence-corrected chi connectivity index (χ2v) is 7.49. The van der Waals surface area contributed by atoms with Crippen LogP contribution in [0.15, 0.2) is 58.1 Å². The molecule has 3 rings (SSSR count). The molecule has 0 saturated heterocycles. The second-order valence-electron chi connectivity index (χ2n) is 7.49. The zero-order chi connectivity index (χ0) is 20.6. The Bertz CT molecular complexity index is 1020. The first-order valence-corrected chi connectivity index (χ1v) is 10.6. The third-order valence-electron chi connectivity index (χ3n) is 5.21. The molecular weight excluding hydrogens is 358 g/mol. The Morgan fingerprint density at radius 3 is 1.93 bits per heavy atom. The Morgan fingerprint density at radius 1 is 0.759 bits per heavy atom. The van der Waals surface area contributed by atoms with E-state index in [-0.39, 0.29) is 0 Å². The van der Waals surface area contributed by atoms with Gasteiger partial charge >= 0.3 is 0 Å². The largest absolute Gasteiger partial charge is 0.381 e. The van der Waals surface area contributed by atoms with Crippen molar-refractivity contribution in [3.63, 3.8) is 0 Å². The van der Waals surface area contributed by atoms with Crippen LogP contribution in [0.3, 0.4) is 0 Å². The molecule has 3 aromatic carbocycles. The molecule has 0 saturated carbocycles. The summed E-state index contributed by atoms with van der Waals surface area (Å²) in [7, 11) is 0. The van der Waals surface area contributed by atoms with Gasteiger partial charge in [0.25, 0.3) is 0 Å². The zero-order valence-electron chi connectivity index (χ0n) is 17.3. The van der Waals surface area contributed by atoms with Gasteiger partial charge in [0.15, 0.2) is 0 Å². The highest BCUT2D eigenvalue weighted by atomic mass is 16.2. The molecule has 0 aromatic heterocycles. The Morgan fingerprint density at radius 2 is 1.34 bits per heavy atom. The molecule has 1 N–H and O–H groups in total. The average molecular weight is 388 g/mol. The molecule has 0 bridgehead atoms. The zero-order valence-corrected chi connectivity index (χ0v) is 17.3. The maximum atomic E-state index is 12.0. The van der Waals surface area contributed by atoms with Gasteiger partial charge < -0.3 is 5.32 Å². The van der Waals surface area contributed by atoms with Crippen molar-refractivity contribution in [3.8, 4) is 11.1 Å². The molecule has 0 fully saturated rings. The lowest BCUT2D eigenvalue weighted by molar-refractivity contribution is 0.795. The summed E-state index contributed by atoms with van der Waals surface area (Å²) in [5.41, 5.74) is 4.59. The van der Waals surface area contributed by atoms with E-state index in [0.717, 1.165) is 30.4 Å². The summed E-state index contributed by atoms with van der Waals surface area (Å²) in [4.78, 5) is 23.9. The van der Waals surface area contributed by atoms with Gasteiger partial charge in [0.2, 0.25) is 10.9 Å². The highest BCUT2D eigenvalue weighted by molar-refractivity contribution is 5.82. The van der Waals surface area contributed by atoms with Gasteiger partial charge in [-0.05, 0) is 41.5 Å². The summed E-state index contributed by atoms with van der Waals surface area (Å²) in [6, 6.07) is 16.5. The molecule has 3 heteroatoms. The molecular formula is C26H29NO2. The maximum Gasteiger partial charge on any atom is 0.250 e. The fourth-order valence-electron chi connectivity index (χ4n) is 3.36. The molecule has 0 unspecified atom stereocenters. The first-order valence-electron chi connectivity index (χ1n) is 10.6. The molecule has 3 nitrogen and oxygen atoms in total. The summed E-state index contributed by atoms with van der Waals surface area (Å²) in [6.07, 6.45) is 9.74. The summed E-state index contributed by atoms with van der Waals surface area (Å²) < 4.78 is 0. The summed E-state index contributed by atoms with van der Waals surface area (Å²) in [5.74, 6) is 0. The maximum absolute atomic E-state index is 12.0. The molecule has 29 heavy (non-hydrogen) atoms. The van der Waals surface area contributed by atoms with Crippen LogP contribution in [0.5, 0.6) is 0 Å². The second kappa shape index (κ2) is 10.0. The fraction of sp³-hybridized carbons (Fsp3) is 0.308. The molecule has 150 valence electrons. The van der Waals surface area contributed by atoms with Gasteiger partial charge in [0.05, 0.1) is 11.3 Å². The van der Waals surface area contributed by atoms with Crippen LogP contribution in [-0.2, 0) is 6.42 Å². The minimum absolute atomic E-state index is 0.393. The van der Waals surface area contributed by atoms with Crippen molar-refractivity contribution in [1.29, 1.82) is 0 Å². The van der Waals surface area contributed by atoms with Gasteiger partial charge in [-0.25, -0.2) is 0 Å². The van der Waals surface area contributed by atoms with E-state index in [1.165, 1.54) is 24.0 Å². The predicted octanol–water partition coefficient (Wildman–Crippen LogP) is 5.67. The summed E-state index contributed by atoms with van der Waals surface area (Å²) in [6.45, 7) is 5.02. The Kier molecular flexibility index (Phi) is 7.18. The van der Waals surface area contributed by atoms with Gasteiger partial charge in [-0.1, -0.05) is 87.4 Å². The first-order chi connectivity index (χ1) is 14.1. The number of hydrogen-bond donors (Lipinski definition) is 1. The van der Waals surface area contributed by atoms with Crippen LogP contribution in [0.25, 0.3) is 23.3 Å². The van der Waals surface area contributed by atoms with Gasteiger partial charge in [0.1, 0.15) is 0 Å². The van der Waals surface area contributed by atoms with Crippen LogP contribution in [0.1, 0.15) is 56.2 Å². The van der Waals surface area contributed by atoms with Crippen LogP contribution in [0, 0.1) is 0 Å². The summed E-state index contributed by atoms with van der Waals surface area (Å²) in [5, 5.41) is 3.12. The van der Waals surface area contributed by atoms with Crippen LogP contribution in [-0.4, -0.2) is 6.54 Å². The number of nitrogens with one attached hydrogen (secondary N) is 1. The number of anilines is 1. The lowest BCUT2D eigenvalue weighted by atomic mass is 9.97. The third kappa shape index (κ3) is 5.11. The number of benzene rings is 2. The lowest BCUT2D eigenvalue weighted by Crippen LogP contribution is -2.36. The smallest absolute Gasteiger partial charge is 0.250 e. The van der Waals surface area contributed by atoms with Crippen LogP contribution in [0.2, 0.25) is 0 Å². The highest BCUT2D eigenvalue weighted by Gasteiger charge is 2.21. The van der Waals surface area contributed by atoms with E-state index >= 15 is 0 Å². The van der Waals surface area contributed by atoms with Crippen molar-refractivity contribution in [1.82, 2.24) is 0 Å². The van der Waals surface area contributed by atoms with E-state index in [1.807, 2.05) is 24.3 Å². The van der Waals surface area contributed by atoms with Crippen molar-refractivity contribution in [2.24, 2.45) is 0 Å². The molecule has 0 aliphatic rings. The van der Waals surface area contributed by atoms with Crippen molar-refractivity contribution < 1.29 is 0 Å². The number of hydrogen-bond acceptors (Lipinski definition) is 3. The van der Waals surface area contributed by atoms with E-state index in [2.05, 4.69) is 55.6 Å². The third-order valence-corrected chi connectivity index (χ3v) is 5.21. The molecule has 0 amide bonds. The quantitative estimate of drug-likeness (QED) is 0.277. The minimum Gasteiger partial charge on any atom is -0.381 e.